The summed E-state index contributed by atoms with van der Waals surface area (Å²) in [6, 6.07) is 17.1. The number of aryl methyl sites for hydroxylation is 2. The third-order valence-corrected chi connectivity index (χ3v) is 19.2. The van der Waals surface area contributed by atoms with Gasteiger partial charge in [-0.1, -0.05) is 67.1 Å². The fourth-order valence-corrected chi connectivity index (χ4v) is 14.5. The van der Waals surface area contributed by atoms with Crippen molar-refractivity contribution in [3.63, 3.8) is 0 Å². The SMILES string of the molecule is Cc1ccc(C[C@@H]2NC(=O)c3csc(n3)[C@H]([C@H](O)c3ccccc3)CC(=O)c3nc(sc3C)[C@H](CC(N)=O)NC(=O)c3csc(n3)-c3ccc(-c4nc(C(N)=O)cs4)nc3-c3csc(n3)-c3csc(n3)[C@H]([C@@H](C)[C@@H]3CO3)NC2=O)cc1. The summed E-state index contributed by atoms with van der Waals surface area (Å²) in [4.78, 5) is 117. The van der Waals surface area contributed by atoms with Crippen molar-refractivity contribution in [3.8, 4) is 43.4 Å². The standard InChI is InChI=1S/C55H48N12O8S6/c1-24-9-11-27(12-10-24)15-32-47(72)66-42(25(2)40-18-75-40)55-65-38(23-80-55)53-61-34(19-78-53)44-29(13-14-31(58-44)52-62-35(20-79-52)46(57)71)50-63-37(21-76-50)49(74)60-33(17-41(56)69)54-67-43(26(3)81-54)39(68)16-30(45(70)28-7-5-4-6-8-28)51-64-36(22-77-51)48(73)59-32/h4-14,19-23,25,30,32-33,40,42,45,70H,15-18H2,1-3H3,(H2,56,69)(H2,57,71)(H,59,73)(H,60,74)(H,66,72)/t25-,30-,32-,33-,40-,42-,45+/m0/s1. The Morgan fingerprint density at radius 1 is 0.667 bits per heavy atom. The number of aliphatic hydroxyl groups is 1. The molecule has 8 N–H and O–H groups in total. The Hall–Kier alpha value is -7.69. The van der Waals surface area contributed by atoms with Crippen LogP contribution in [0.25, 0.3) is 43.4 Å². The first kappa shape index (κ1) is 55.2. The number of aromatic nitrogens is 7. The number of nitrogens with two attached hydrogens (primary N) is 2. The number of ketones is 1. The molecule has 81 heavy (non-hydrogen) atoms. The summed E-state index contributed by atoms with van der Waals surface area (Å²) in [5, 5.41) is 31.8. The molecule has 5 amide bonds. The lowest BCUT2D eigenvalue weighted by molar-refractivity contribution is -0.124. The molecule has 9 aromatic rings. The molecule has 0 aliphatic carbocycles. The molecule has 7 aromatic heterocycles. The molecule has 2 aliphatic rings. The van der Waals surface area contributed by atoms with Crippen molar-refractivity contribution < 1.29 is 38.6 Å². The predicted octanol–water partition coefficient (Wildman–Crippen LogP) is 8.19. The van der Waals surface area contributed by atoms with Crippen LogP contribution in [0.5, 0.6) is 0 Å². The van der Waals surface area contributed by atoms with Crippen LogP contribution in [0.1, 0.15) is 122 Å². The van der Waals surface area contributed by atoms with Crippen LogP contribution in [-0.2, 0) is 20.7 Å². The molecule has 20 nitrogen and oxygen atoms in total. The van der Waals surface area contributed by atoms with E-state index in [0.29, 0.717) is 65.4 Å². The second-order valence-corrected chi connectivity index (χ2v) is 25.0. The highest BCUT2D eigenvalue weighted by Gasteiger charge is 2.40. The second-order valence-electron chi connectivity index (χ2n) is 19.4. The molecule has 0 unspecified atom stereocenters. The second kappa shape index (κ2) is 23.4. The highest BCUT2D eigenvalue weighted by Crippen LogP contribution is 2.41. The molecule has 2 aliphatic heterocycles. The van der Waals surface area contributed by atoms with Crippen LogP contribution >= 0.6 is 68.0 Å². The minimum atomic E-state index is -1.26. The predicted molar refractivity (Wildman–Crippen MR) is 309 cm³/mol. The number of Topliss-reactive ketones (excluding diaryl/α,β-unsaturated/α-hetero) is 1. The number of benzene rings is 2. The number of nitrogens with zero attached hydrogens (tertiary/aromatic N) is 7. The molecule has 1 saturated heterocycles. The van der Waals surface area contributed by atoms with Crippen LogP contribution in [0, 0.1) is 19.8 Å². The Bertz CT molecular complexity index is 3860. The van der Waals surface area contributed by atoms with Crippen molar-refractivity contribution >= 4 is 103 Å². The molecule has 9 heterocycles. The number of pyridine rings is 1. The zero-order chi connectivity index (χ0) is 56.6. The first-order chi connectivity index (χ1) is 39.0. The molecule has 412 valence electrons. The van der Waals surface area contributed by atoms with Crippen molar-refractivity contribution in [3.05, 3.63) is 153 Å². The average Bonchev–Trinajstić information content (AvgIpc) is 4.43. The maximum atomic E-state index is 14.8. The number of carbonyl (C=O) groups excluding carboxylic acids is 6. The molecule has 0 spiro atoms. The van der Waals surface area contributed by atoms with Crippen molar-refractivity contribution in [2.45, 2.75) is 76.3 Å². The lowest BCUT2D eigenvalue weighted by atomic mass is 9.90. The van der Waals surface area contributed by atoms with Crippen LogP contribution in [-0.4, -0.2) is 94.1 Å². The van der Waals surface area contributed by atoms with Crippen molar-refractivity contribution in [1.29, 1.82) is 0 Å². The van der Waals surface area contributed by atoms with Crippen LogP contribution in [0.3, 0.4) is 0 Å². The number of hydrogen-bond acceptors (Lipinski definition) is 21. The van der Waals surface area contributed by atoms with Gasteiger partial charge in [-0.05, 0) is 37.1 Å². The number of rotatable bonds is 10. The minimum Gasteiger partial charge on any atom is -0.388 e. The van der Waals surface area contributed by atoms with E-state index in [4.69, 9.17) is 41.1 Å². The Kier molecular flexibility index (Phi) is 16.0. The Labute approximate surface area is 486 Å². The van der Waals surface area contributed by atoms with Gasteiger partial charge in [-0.2, -0.15) is 0 Å². The van der Waals surface area contributed by atoms with Gasteiger partial charge in [-0.15, -0.1) is 68.0 Å². The molecule has 7 atom stereocenters. The summed E-state index contributed by atoms with van der Waals surface area (Å²) in [5.41, 5.74) is 16.0. The molecule has 0 radical (unpaired) electrons. The lowest BCUT2D eigenvalue weighted by Gasteiger charge is -2.26. The minimum absolute atomic E-state index is 0.0104. The smallest absolute Gasteiger partial charge is 0.271 e. The Morgan fingerprint density at radius 3 is 2.04 bits per heavy atom. The number of nitrogens with one attached hydrogen (secondary N) is 3. The number of thiazole rings is 6. The maximum Gasteiger partial charge on any atom is 0.271 e. The first-order valence-corrected chi connectivity index (χ1v) is 30.5. The highest BCUT2D eigenvalue weighted by atomic mass is 32.1. The maximum absolute atomic E-state index is 14.8. The fourth-order valence-electron chi connectivity index (χ4n) is 9.16. The monoisotopic (exact) mass is 1200 g/mol. The zero-order valence-electron chi connectivity index (χ0n) is 43.1. The summed E-state index contributed by atoms with van der Waals surface area (Å²) in [7, 11) is 0. The van der Waals surface area contributed by atoms with Gasteiger partial charge in [0, 0.05) is 62.0 Å². The van der Waals surface area contributed by atoms with E-state index in [-0.39, 0.29) is 64.1 Å². The van der Waals surface area contributed by atoms with Crippen LogP contribution < -0.4 is 27.4 Å². The number of ether oxygens (including phenoxy) is 1. The molecular formula is C55H48N12O8S6. The van der Waals surface area contributed by atoms with Gasteiger partial charge >= 0.3 is 0 Å². The number of amides is 5. The Morgan fingerprint density at radius 2 is 1.31 bits per heavy atom. The molecule has 2 aromatic carbocycles. The highest BCUT2D eigenvalue weighted by molar-refractivity contribution is 7.15. The molecule has 0 saturated carbocycles. The van der Waals surface area contributed by atoms with Gasteiger partial charge in [0.1, 0.15) is 70.9 Å². The van der Waals surface area contributed by atoms with Crippen LogP contribution in [0.15, 0.2) is 93.6 Å². The molecule has 26 heteroatoms. The molecule has 10 bridgehead atoms. The van der Waals surface area contributed by atoms with Crippen LogP contribution in [0.2, 0.25) is 0 Å². The number of primary amides is 2. The van der Waals surface area contributed by atoms with E-state index in [2.05, 4.69) is 25.9 Å². The summed E-state index contributed by atoms with van der Waals surface area (Å²) < 4.78 is 5.77. The molecule has 1 fully saturated rings. The van der Waals surface area contributed by atoms with Gasteiger partial charge in [-0.25, -0.2) is 34.9 Å². The van der Waals surface area contributed by atoms with Crippen molar-refractivity contribution in [2.24, 2.45) is 17.4 Å². The van der Waals surface area contributed by atoms with E-state index >= 15 is 0 Å². The van der Waals surface area contributed by atoms with Gasteiger partial charge in [0.05, 0.1) is 48.0 Å². The van der Waals surface area contributed by atoms with E-state index in [1.807, 2.05) is 48.9 Å². The van der Waals surface area contributed by atoms with Gasteiger partial charge in [0.2, 0.25) is 11.8 Å². The number of carbonyl (C=O) groups is 6. The normalized spacial score (nSPS) is 19.4. The van der Waals surface area contributed by atoms with E-state index in [9.17, 15) is 33.9 Å². The fraction of sp³-hybridized carbons (Fsp3) is 0.255. The quantitative estimate of drug-likeness (QED) is 0.0703. The molecule has 11 rings (SSSR count). The zero-order valence-corrected chi connectivity index (χ0v) is 48.0. The summed E-state index contributed by atoms with van der Waals surface area (Å²) in [6.07, 6.45) is -1.97. The average molecular weight is 1200 g/mol. The van der Waals surface area contributed by atoms with Crippen molar-refractivity contribution in [2.75, 3.05) is 6.61 Å². The van der Waals surface area contributed by atoms with Gasteiger partial charge in [0.15, 0.2) is 5.78 Å². The van der Waals surface area contributed by atoms with E-state index in [1.165, 1.54) is 50.7 Å². The van der Waals surface area contributed by atoms with Gasteiger partial charge in [0.25, 0.3) is 17.7 Å². The first-order valence-electron chi connectivity index (χ1n) is 25.2. The number of aliphatic hydroxyl groups excluding tert-OH is 1. The largest absolute Gasteiger partial charge is 0.388 e. The van der Waals surface area contributed by atoms with E-state index in [1.54, 1.807) is 60.1 Å². The summed E-state index contributed by atoms with van der Waals surface area (Å²) in [5.74, 6) is -4.89. The number of epoxide rings is 1. The van der Waals surface area contributed by atoms with Crippen LogP contribution in [0.4, 0.5) is 0 Å². The molecular weight excluding hydrogens is 1150 g/mol. The van der Waals surface area contributed by atoms with Gasteiger partial charge < -0.3 is 37.3 Å². The third-order valence-electron chi connectivity index (χ3n) is 13.6. The summed E-state index contributed by atoms with van der Waals surface area (Å²) >= 11 is 7.21. The van der Waals surface area contributed by atoms with E-state index in [0.717, 1.165) is 33.8 Å². The Balaban J connectivity index is 1.01. The topological polar surface area (TPSA) is 314 Å². The summed E-state index contributed by atoms with van der Waals surface area (Å²) in [6.45, 7) is 6.11. The number of hydrogen-bond donors (Lipinski definition) is 6. The van der Waals surface area contributed by atoms with Gasteiger partial charge in [-0.3, -0.25) is 28.8 Å². The van der Waals surface area contributed by atoms with E-state index < -0.39 is 65.5 Å². The lowest BCUT2D eigenvalue weighted by Crippen LogP contribution is -2.50. The third kappa shape index (κ3) is 12.2. The van der Waals surface area contributed by atoms with Crippen molar-refractivity contribution in [1.82, 2.24) is 50.8 Å². The number of fused-ring (bicyclic) bond motifs is 14.